The van der Waals surface area contributed by atoms with Crippen molar-refractivity contribution in [1.82, 2.24) is 10.1 Å². The number of allylic oxidation sites excluding steroid dienone is 4. The predicted molar refractivity (Wildman–Crippen MR) is 117 cm³/mol. The van der Waals surface area contributed by atoms with E-state index in [0.717, 1.165) is 28.1 Å². The summed E-state index contributed by atoms with van der Waals surface area (Å²) < 4.78 is 11.2. The molecule has 0 fully saturated rings. The van der Waals surface area contributed by atoms with Crippen molar-refractivity contribution in [2.75, 3.05) is 12.3 Å². The molecule has 0 aliphatic rings. The number of pyridine rings is 1. The van der Waals surface area contributed by atoms with E-state index in [9.17, 15) is 0 Å². The highest BCUT2D eigenvalue weighted by Gasteiger charge is 2.08. The molecule has 0 aliphatic carbocycles. The Morgan fingerprint density at radius 2 is 2.03 bits per heavy atom. The monoisotopic (exact) mass is 407 g/mol. The summed E-state index contributed by atoms with van der Waals surface area (Å²) in [6.45, 7) is 6.05. The predicted octanol–water partition coefficient (Wildman–Crippen LogP) is 5.54. The standard InChI is InChI=1S/C23H22ClN3O2/c1-3-4-19(24)11-16(2)15-28-21-8-5-17(6-9-21)12-20-13-22(29-27-20)18-7-10-23(25)26-14-18/h3-11,13-14H,1,12,15H2,2H3,(H2,25,26)/b16-11+,19-4+. The van der Waals surface area contributed by atoms with E-state index in [2.05, 4.69) is 16.7 Å². The van der Waals surface area contributed by atoms with Crippen LogP contribution in [0.5, 0.6) is 5.75 Å². The van der Waals surface area contributed by atoms with Gasteiger partial charge in [0.25, 0.3) is 0 Å². The molecular weight excluding hydrogens is 386 g/mol. The first kappa shape index (κ1) is 20.4. The summed E-state index contributed by atoms with van der Waals surface area (Å²) in [5, 5.41) is 4.76. The van der Waals surface area contributed by atoms with Crippen molar-refractivity contribution in [1.29, 1.82) is 0 Å². The van der Waals surface area contributed by atoms with Gasteiger partial charge in [0.15, 0.2) is 5.76 Å². The molecule has 0 atom stereocenters. The Balaban J connectivity index is 1.57. The van der Waals surface area contributed by atoms with E-state index in [0.29, 0.717) is 29.6 Å². The molecule has 0 saturated carbocycles. The number of aromatic nitrogens is 2. The first-order valence-electron chi connectivity index (χ1n) is 9.08. The maximum Gasteiger partial charge on any atom is 0.168 e. The summed E-state index contributed by atoms with van der Waals surface area (Å²) in [4.78, 5) is 4.07. The highest BCUT2D eigenvalue weighted by Crippen LogP contribution is 2.22. The van der Waals surface area contributed by atoms with Crippen LogP contribution in [0.25, 0.3) is 11.3 Å². The average molecular weight is 408 g/mol. The first-order chi connectivity index (χ1) is 14.0. The number of benzene rings is 1. The normalized spacial score (nSPS) is 12.1. The number of nitrogens with zero attached hydrogens (tertiary/aromatic N) is 2. The van der Waals surface area contributed by atoms with Crippen molar-refractivity contribution in [3.05, 3.63) is 95.3 Å². The van der Waals surface area contributed by atoms with Crippen LogP contribution in [0.15, 0.2) is 88.6 Å². The van der Waals surface area contributed by atoms with Gasteiger partial charge in [0.1, 0.15) is 18.2 Å². The summed E-state index contributed by atoms with van der Waals surface area (Å²) in [6, 6.07) is 13.4. The summed E-state index contributed by atoms with van der Waals surface area (Å²) in [6.07, 6.45) is 7.57. The SMILES string of the molecule is C=C/C=C(Cl)\C=C(/C)COc1ccc(Cc2cc(-c3ccc(N)nc3)on2)cc1. The van der Waals surface area contributed by atoms with Crippen molar-refractivity contribution in [3.8, 4) is 17.1 Å². The summed E-state index contributed by atoms with van der Waals surface area (Å²) in [5.74, 6) is 1.93. The van der Waals surface area contributed by atoms with Crippen molar-refractivity contribution < 1.29 is 9.26 Å². The van der Waals surface area contributed by atoms with E-state index in [1.165, 1.54) is 0 Å². The van der Waals surface area contributed by atoms with Gasteiger partial charge in [0.2, 0.25) is 0 Å². The van der Waals surface area contributed by atoms with Crippen LogP contribution in [0, 0.1) is 0 Å². The third-order valence-electron chi connectivity index (χ3n) is 4.07. The molecule has 2 heterocycles. The number of rotatable bonds is 8. The first-order valence-corrected chi connectivity index (χ1v) is 9.46. The quantitative estimate of drug-likeness (QED) is 0.496. The van der Waals surface area contributed by atoms with Crippen LogP contribution < -0.4 is 10.5 Å². The number of anilines is 1. The number of halogens is 1. The minimum atomic E-state index is 0.461. The number of ether oxygens (including phenoxy) is 1. The average Bonchev–Trinajstić information content (AvgIpc) is 3.16. The van der Waals surface area contributed by atoms with Gasteiger partial charge in [-0.25, -0.2) is 4.98 Å². The fourth-order valence-corrected chi connectivity index (χ4v) is 2.91. The maximum atomic E-state index is 6.04. The molecule has 0 spiro atoms. The molecule has 1 aromatic carbocycles. The molecule has 148 valence electrons. The van der Waals surface area contributed by atoms with Crippen LogP contribution in [0.2, 0.25) is 0 Å². The fraction of sp³-hybridized carbons (Fsp3) is 0.130. The third kappa shape index (κ3) is 6.09. The summed E-state index contributed by atoms with van der Waals surface area (Å²) in [5.41, 5.74) is 9.42. The zero-order chi connectivity index (χ0) is 20.6. The van der Waals surface area contributed by atoms with E-state index in [1.54, 1.807) is 24.4 Å². The molecule has 0 radical (unpaired) electrons. The van der Waals surface area contributed by atoms with Crippen LogP contribution in [0.3, 0.4) is 0 Å². The highest BCUT2D eigenvalue weighted by atomic mass is 35.5. The van der Waals surface area contributed by atoms with Crippen LogP contribution in [-0.4, -0.2) is 16.7 Å². The van der Waals surface area contributed by atoms with Crippen LogP contribution in [-0.2, 0) is 6.42 Å². The molecule has 6 heteroatoms. The second kappa shape index (κ2) is 9.75. The Bertz CT molecular complexity index is 1020. The van der Waals surface area contributed by atoms with E-state index in [-0.39, 0.29) is 0 Å². The van der Waals surface area contributed by atoms with E-state index < -0.39 is 0 Å². The van der Waals surface area contributed by atoms with Gasteiger partial charge < -0.3 is 15.0 Å². The molecule has 3 aromatic rings. The minimum Gasteiger partial charge on any atom is -0.489 e. The fourth-order valence-electron chi connectivity index (χ4n) is 2.63. The highest BCUT2D eigenvalue weighted by molar-refractivity contribution is 6.31. The van der Waals surface area contributed by atoms with Gasteiger partial charge in [-0.2, -0.15) is 0 Å². The zero-order valence-electron chi connectivity index (χ0n) is 16.1. The lowest BCUT2D eigenvalue weighted by Crippen LogP contribution is -1.99. The van der Waals surface area contributed by atoms with Gasteiger partial charge in [-0.05, 0) is 54.5 Å². The van der Waals surface area contributed by atoms with Gasteiger partial charge >= 0.3 is 0 Å². The third-order valence-corrected chi connectivity index (χ3v) is 4.30. The second-order valence-corrected chi connectivity index (χ2v) is 6.98. The summed E-state index contributed by atoms with van der Waals surface area (Å²) in [7, 11) is 0. The molecule has 3 rings (SSSR count). The Hall–Kier alpha value is -3.31. The largest absolute Gasteiger partial charge is 0.489 e. The minimum absolute atomic E-state index is 0.461. The van der Waals surface area contributed by atoms with Gasteiger partial charge in [-0.1, -0.05) is 41.5 Å². The molecule has 0 amide bonds. The molecule has 0 saturated heterocycles. The molecule has 0 unspecified atom stereocenters. The number of hydrogen-bond acceptors (Lipinski definition) is 5. The molecule has 2 aromatic heterocycles. The lowest BCUT2D eigenvalue weighted by atomic mass is 10.1. The number of nitrogen functional groups attached to an aromatic ring is 1. The lowest BCUT2D eigenvalue weighted by Gasteiger charge is -2.07. The smallest absolute Gasteiger partial charge is 0.168 e. The number of nitrogens with two attached hydrogens (primary N) is 1. The van der Waals surface area contributed by atoms with Gasteiger partial charge in [0.05, 0.1) is 5.69 Å². The molecular formula is C23H22ClN3O2. The van der Waals surface area contributed by atoms with Gasteiger partial charge in [-0.15, -0.1) is 0 Å². The Labute approximate surface area is 175 Å². The van der Waals surface area contributed by atoms with Crippen LogP contribution >= 0.6 is 11.6 Å². The molecule has 0 aliphatic heterocycles. The van der Waals surface area contributed by atoms with Gasteiger partial charge in [0, 0.05) is 29.3 Å². The summed E-state index contributed by atoms with van der Waals surface area (Å²) >= 11 is 6.04. The second-order valence-electron chi connectivity index (χ2n) is 6.54. The zero-order valence-corrected chi connectivity index (χ0v) is 16.9. The topological polar surface area (TPSA) is 74.2 Å². The number of hydrogen-bond donors (Lipinski definition) is 1. The van der Waals surface area contributed by atoms with Crippen molar-refractivity contribution in [2.45, 2.75) is 13.3 Å². The Kier molecular flexibility index (Phi) is 6.87. The molecule has 5 nitrogen and oxygen atoms in total. The van der Waals surface area contributed by atoms with Crippen molar-refractivity contribution in [2.24, 2.45) is 0 Å². The molecule has 29 heavy (non-hydrogen) atoms. The van der Waals surface area contributed by atoms with E-state index >= 15 is 0 Å². The Morgan fingerprint density at radius 3 is 2.72 bits per heavy atom. The van der Waals surface area contributed by atoms with Crippen LogP contribution in [0.4, 0.5) is 5.82 Å². The maximum absolute atomic E-state index is 6.04. The molecule has 2 N–H and O–H groups in total. The van der Waals surface area contributed by atoms with Crippen molar-refractivity contribution >= 4 is 17.4 Å². The van der Waals surface area contributed by atoms with E-state index in [1.807, 2.05) is 49.4 Å². The lowest BCUT2D eigenvalue weighted by molar-refractivity contribution is 0.352. The van der Waals surface area contributed by atoms with E-state index in [4.69, 9.17) is 26.6 Å². The van der Waals surface area contributed by atoms with Crippen LogP contribution in [0.1, 0.15) is 18.2 Å². The van der Waals surface area contributed by atoms with Gasteiger partial charge in [-0.3, -0.25) is 0 Å². The molecule has 0 bridgehead atoms. The van der Waals surface area contributed by atoms with Crippen molar-refractivity contribution in [3.63, 3.8) is 0 Å². The Morgan fingerprint density at radius 1 is 1.24 bits per heavy atom.